The van der Waals surface area contributed by atoms with Crippen LogP contribution in [0.5, 0.6) is 0 Å². The van der Waals surface area contributed by atoms with Crippen molar-refractivity contribution in [2.45, 2.75) is 6.92 Å². The van der Waals surface area contributed by atoms with Crippen molar-refractivity contribution in [1.82, 2.24) is 15.4 Å². The van der Waals surface area contributed by atoms with Crippen molar-refractivity contribution in [3.05, 3.63) is 59.4 Å². The van der Waals surface area contributed by atoms with Crippen LogP contribution in [0.4, 0.5) is 5.82 Å². The molecule has 0 bridgehead atoms. The topological polar surface area (TPSA) is 165 Å². The average Bonchev–Trinajstić information content (AvgIpc) is 3.16. The lowest BCUT2D eigenvalue weighted by atomic mass is 10.2. The second-order valence-corrected chi connectivity index (χ2v) is 4.94. The summed E-state index contributed by atoms with van der Waals surface area (Å²) >= 11 is 0. The molecule has 11 nitrogen and oxygen atoms in total. The van der Waals surface area contributed by atoms with Crippen LogP contribution in [-0.2, 0) is 14.3 Å². The number of imidazole rings is 1. The van der Waals surface area contributed by atoms with Crippen molar-refractivity contribution in [2.75, 3.05) is 6.61 Å². The molecule has 0 aliphatic carbocycles. The molecule has 1 aromatic carbocycles. The third-order valence-electron chi connectivity index (χ3n) is 3.06. The highest BCUT2D eigenvalue weighted by atomic mass is 16.5. The molecule has 11 heteroatoms. The van der Waals surface area contributed by atoms with Crippen LogP contribution in [0.25, 0.3) is 0 Å². The number of aliphatic hydroxyl groups excluding tert-OH is 1. The van der Waals surface area contributed by atoms with Gasteiger partial charge in [0, 0.05) is 0 Å². The molecule has 0 radical (unpaired) electrons. The van der Waals surface area contributed by atoms with Gasteiger partial charge in [0.05, 0.1) is 19.1 Å². The summed E-state index contributed by atoms with van der Waals surface area (Å²) in [5, 5.41) is 29.8. The number of aliphatic hydroxyl groups is 1. The zero-order valence-corrected chi connectivity index (χ0v) is 14.7. The number of aromatic nitrogens is 2. The first-order chi connectivity index (χ1) is 13.6. The van der Waals surface area contributed by atoms with Gasteiger partial charge in [0.15, 0.2) is 5.69 Å². The van der Waals surface area contributed by atoms with Gasteiger partial charge in [-0.05, 0) is 12.5 Å². The molecule has 142 valence electrons. The zero-order chi connectivity index (χ0) is 20.4. The fourth-order valence-electron chi connectivity index (χ4n) is 1.80. The number of carbonyl (C=O) groups is 2. The van der Waals surface area contributed by atoms with Gasteiger partial charge in [0.25, 0.3) is 5.91 Å². The summed E-state index contributed by atoms with van der Waals surface area (Å²) in [4.78, 5) is 30.3. The molecule has 0 atom stereocenters. The molecule has 28 heavy (non-hydrogen) atoms. The monoisotopic (exact) mass is 381 g/mol. The zero-order valence-electron chi connectivity index (χ0n) is 14.7. The normalized spacial score (nSPS) is 11.9. The SMILES string of the molecule is CCOC(=O)/C(O)=C(/N=Nc1nc[nH]c1C#N)C(=O)N/N=C/c1ccccc1. The minimum atomic E-state index is -1.17. The molecular formula is C17H15N7O4. The Balaban J connectivity index is 2.26. The molecule has 0 aliphatic heterocycles. The maximum absolute atomic E-state index is 12.3. The molecule has 0 spiro atoms. The largest absolute Gasteiger partial charge is 0.500 e. The van der Waals surface area contributed by atoms with E-state index in [9.17, 15) is 14.7 Å². The number of aromatic amines is 1. The quantitative estimate of drug-likeness (QED) is 0.165. The number of esters is 1. The molecule has 0 saturated heterocycles. The van der Waals surface area contributed by atoms with E-state index in [-0.39, 0.29) is 18.1 Å². The van der Waals surface area contributed by atoms with Crippen molar-refractivity contribution in [1.29, 1.82) is 5.26 Å². The Labute approximate surface area is 159 Å². The van der Waals surface area contributed by atoms with E-state index >= 15 is 0 Å². The van der Waals surface area contributed by atoms with Crippen LogP contribution in [0, 0.1) is 11.3 Å². The molecule has 2 rings (SSSR count). The van der Waals surface area contributed by atoms with E-state index < -0.39 is 23.3 Å². The van der Waals surface area contributed by atoms with E-state index in [1.165, 1.54) is 19.5 Å². The summed E-state index contributed by atoms with van der Waals surface area (Å²) in [5.41, 5.74) is 2.07. The Morgan fingerprint density at radius 3 is 2.82 bits per heavy atom. The maximum Gasteiger partial charge on any atom is 0.376 e. The highest BCUT2D eigenvalue weighted by molar-refractivity contribution is 6.01. The summed E-state index contributed by atoms with van der Waals surface area (Å²) in [7, 11) is 0. The Hall–Kier alpha value is -4.33. The molecule has 2 aromatic rings. The van der Waals surface area contributed by atoms with Gasteiger partial charge in [-0.3, -0.25) is 4.79 Å². The number of nitrogens with one attached hydrogen (secondary N) is 2. The number of ether oxygens (including phenoxy) is 1. The highest BCUT2D eigenvalue weighted by Gasteiger charge is 2.22. The van der Waals surface area contributed by atoms with Gasteiger partial charge in [-0.1, -0.05) is 30.3 Å². The number of azo groups is 1. The van der Waals surface area contributed by atoms with E-state index in [0.717, 1.165) is 0 Å². The van der Waals surface area contributed by atoms with Gasteiger partial charge in [-0.25, -0.2) is 15.2 Å². The third-order valence-corrected chi connectivity index (χ3v) is 3.06. The maximum atomic E-state index is 12.3. The molecule has 3 N–H and O–H groups in total. The molecular weight excluding hydrogens is 366 g/mol. The average molecular weight is 381 g/mol. The molecule has 1 aromatic heterocycles. The van der Waals surface area contributed by atoms with Crippen molar-refractivity contribution < 1.29 is 19.4 Å². The first-order valence-corrected chi connectivity index (χ1v) is 7.90. The van der Waals surface area contributed by atoms with Crippen LogP contribution < -0.4 is 5.43 Å². The van der Waals surface area contributed by atoms with Gasteiger partial charge in [0.2, 0.25) is 17.3 Å². The van der Waals surface area contributed by atoms with Gasteiger partial charge >= 0.3 is 5.97 Å². The van der Waals surface area contributed by atoms with Crippen LogP contribution in [0.15, 0.2) is 63.4 Å². The number of amides is 1. The summed E-state index contributed by atoms with van der Waals surface area (Å²) in [6, 6.07) is 10.7. The fourth-order valence-corrected chi connectivity index (χ4v) is 1.80. The van der Waals surface area contributed by atoms with Crippen LogP contribution in [0.2, 0.25) is 0 Å². The molecule has 0 fully saturated rings. The Kier molecular flexibility index (Phi) is 7.12. The van der Waals surface area contributed by atoms with Gasteiger partial charge < -0.3 is 14.8 Å². The van der Waals surface area contributed by atoms with Crippen molar-refractivity contribution >= 4 is 23.9 Å². The molecule has 1 heterocycles. The smallest absolute Gasteiger partial charge is 0.376 e. The van der Waals surface area contributed by atoms with Crippen molar-refractivity contribution in [3.63, 3.8) is 0 Å². The lowest BCUT2D eigenvalue weighted by Gasteiger charge is -2.04. The Morgan fingerprint density at radius 2 is 2.14 bits per heavy atom. The summed E-state index contributed by atoms with van der Waals surface area (Å²) < 4.78 is 4.65. The number of H-pyrrole nitrogens is 1. The number of hydrogen-bond donors (Lipinski definition) is 3. The predicted molar refractivity (Wildman–Crippen MR) is 96.3 cm³/mol. The van der Waals surface area contributed by atoms with Gasteiger partial charge in [-0.2, -0.15) is 10.4 Å². The van der Waals surface area contributed by atoms with Gasteiger partial charge in [-0.15, -0.1) is 10.2 Å². The number of hydrogen-bond acceptors (Lipinski definition) is 9. The number of rotatable bonds is 7. The predicted octanol–water partition coefficient (Wildman–Crippen LogP) is 1.85. The standard InChI is InChI=1S/C17H15N7O4/c1-2-28-17(27)14(25)13(22-23-15-12(8-18)19-10-20-15)16(26)24-21-9-11-6-4-3-5-7-11/h3-7,9-10,25H,2H2,1H3,(H,19,20)(H,24,26)/b14-13-,21-9+,23-22?. The Bertz CT molecular complexity index is 971. The van der Waals surface area contributed by atoms with E-state index in [0.29, 0.717) is 5.56 Å². The highest BCUT2D eigenvalue weighted by Crippen LogP contribution is 2.16. The lowest BCUT2D eigenvalue weighted by molar-refractivity contribution is -0.142. The molecule has 0 unspecified atom stereocenters. The third kappa shape index (κ3) is 5.33. The number of benzene rings is 1. The molecule has 0 saturated carbocycles. The summed E-state index contributed by atoms with van der Waals surface area (Å²) in [6.07, 6.45) is 2.56. The van der Waals surface area contributed by atoms with Crippen molar-refractivity contribution in [2.24, 2.45) is 15.3 Å². The number of hydrazone groups is 1. The lowest BCUT2D eigenvalue weighted by Crippen LogP contribution is -2.22. The van der Waals surface area contributed by atoms with E-state index in [1.54, 1.807) is 30.3 Å². The fraction of sp³-hybridized carbons (Fsp3) is 0.118. The number of nitriles is 1. The van der Waals surface area contributed by atoms with Crippen LogP contribution in [-0.4, -0.2) is 39.8 Å². The first-order valence-electron chi connectivity index (χ1n) is 7.90. The molecule has 1 amide bonds. The Morgan fingerprint density at radius 1 is 1.39 bits per heavy atom. The van der Waals surface area contributed by atoms with Crippen LogP contribution >= 0.6 is 0 Å². The van der Waals surface area contributed by atoms with Crippen molar-refractivity contribution in [3.8, 4) is 6.07 Å². The van der Waals surface area contributed by atoms with Crippen LogP contribution in [0.1, 0.15) is 18.2 Å². The minimum absolute atomic E-state index is 0.0127. The summed E-state index contributed by atoms with van der Waals surface area (Å²) in [6.45, 7) is 1.50. The van der Waals surface area contributed by atoms with E-state index in [1.807, 2.05) is 6.07 Å². The second-order valence-electron chi connectivity index (χ2n) is 4.94. The number of carbonyl (C=O) groups excluding carboxylic acids is 2. The summed E-state index contributed by atoms with van der Waals surface area (Å²) in [5.74, 6) is -3.37. The number of nitrogens with zero attached hydrogens (tertiary/aromatic N) is 5. The first kappa shape index (κ1) is 20.0. The second kappa shape index (κ2) is 9.97. The van der Waals surface area contributed by atoms with Crippen LogP contribution in [0.3, 0.4) is 0 Å². The molecule has 0 aliphatic rings. The van der Waals surface area contributed by atoms with Gasteiger partial charge in [0.1, 0.15) is 6.07 Å². The van der Waals surface area contributed by atoms with E-state index in [4.69, 9.17) is 5.26 Å². The van der Waals surface area contributed by atoms with E-state index in [2.05, 4.69) is 35.5 Å². The minimum Gasteiger partial charge on any atom is -0.500 e.